The molecule has 4 rings (SSSR count). The molecule has 1 aromatic heterocycles. The van der Waals surface area contributed by atoms with Crippen molar-refractivity contribution in [1.29, 1.82) is 0 Å². The van der Waals surface area contributed by atoms with E-state index >= 15 is 0 Å². The molecule has 1 atom stereocenters. The number of nitrogens with zero attached hydrogens (tertiary/aromatic N) is 3. The van der Waals surface area contributed by atoms with Crippen molar-refractivity contribution in [3.05, 3.63) is 66.4 Å². The highest BCUT2D eigenvalue weighted by molar-refractivity contribution is 5.88. The van der Waals surface area contributed by atoms with Crippen LogP contribution in [-0.2, 0) is 4.79 Å². The molecule has 1 unspecified atom stereocenters. The van der Waals surface area contributed by atoms with Crippen molar-refractivity contribution in [2.75, 3.05) is 19.7 Å². The van der Waals surface area contributed by atoms with Crippen LogP contribution in [0.25, 0.3) is 22.0 Å². The third kappa shape index (κ3) is 4.15. The minimum atomic E-state index is 0.00772. The van der Waals surface area contributed by atoms with Gasteiger partial charge in [0.25, 0.3) is 0 Å². The topological polar surface area (TPSA) is 58.4 Å². The number of likely N-dealkylation sites (tertiary alicyclic amines) is 1. The normalized spacial score (nSPS) is 15.9. The van der Waals surface area contributed by atoms with E-state index in [2.05, 4.69) is 67.6 Å². The van der Waals surface area contributed by atoms with Gasteiger partial charge >= 0.3 is 0 Å². The van der Waals surface area contributed by atoms with Crippen LogP contribution in [0, 0.1) is 6.92 Å². The van der Waals surface area contributed by atoms with E-state index in [0.717, 1.165) is 31.4 Å². The summed E-state index contributed by atoms with van der Waals surface area (Å²) in [5, 5.41) is 15.7. The SMILES string of the molecule is C=CC(=O)N1CCC(c2c3ccc(-c4ccccc4C)cc3nn2C(C)CCO)CC1. The molecular weight excluding hydrogens is 386 g/mol. The molecule has 1 aliphatic heterocycles. The highest BCUT2D eigenvalue weighted by atomic mass is 16.3. The van der Waals surface area contributed by atoms with Crippen LogP contribution in [0.2, 0.25) is 0 Å². The number of carbonyl (C=O) groups excluding carboxylic acids is 1. The Labute approximate surface area is 184 Å². The molecule has 3 aromatic rings. The van der Waals surface area contributed by atoms with Crippen LogP contribution in [-0.4, -0.2) is 45.4 Å². The fourth-order valence-electron chi connectivity index (χ4n) is 4.74. The van der Waals surface area contributed by atoms with Crippen LogP contribution >= 0.6 is 0 Å². The van der Waals surface area contributed by atoms with Crippen molar-refractivity contribution in [3.63, 3.8) is 0 Å². The highest BCUT2D eigenvalue weighted by Gasteiger charge is 2.28. The monoisotopic (exact) mass is 417 g/mol. The first-order chi connectivity index (χ1) is 15.0. The Morgan fingerprint density at radius 2 is 2.00 bits per heavy atom. The predicted molar refractivity (Wildman–Crippen MR) is 125 cm³/mol. The number of rotatable bonds is 6. The molecule has 5 heteroatoms. The Hall–Kier alpha value is -2.92. The first-order valence-electron chi connectivity index (χ1n) is 11.1. The van der Waals surface area contributed by atoms with Gasteiger partial charge in [-0.3, -0.25) is 9.48 Å². The number of aryl methyl sites for hydroxylation is 1. The minimum absolute atomic E-state index is 0.00772. The molecule has 162 valence electrons. The van der Waals surface area contributed by atoms with E-state index in [4.69, 9.17) is 5.10 Å². The molecule has 5 nitrogen and oxygen atoms in total. The van der Waals surface area contributed by atoms with Crippen molar-refractivity contribution in [3.8, 4) is 11.1 Å². The lowest BCUT2D eigenvalue weighted by Crippen LogP contribution is -2.37. The number of carbonyl (C=O) groups is 1. The van der Waals surface area contributed by atoms with E-state index < -0.39 is 0 Å². The van der Waals surface area contributed by atoms with Crippen LogP contribution in [0.15, 0.2) is 55.1 Å². The summed E-state index contributed by atoms with van der Waals surface area (Å²) in [6, 6.07) is 15.1. The maximum Gasteiger partial charge on any atom is 0.245 e. The Bertz CT molecular complexity index is 1090. The van der Waals surface area contributed by atoms with Gasteiger partial charge in [-0.1, -0.05) is 43.0 Å². The van der Waals surface area contributed by atoms with Crippen LogP contribution in [0.5, 0.6) is 0 Å². The molecule has 0 spiro atoms. The Morgan fingerprint density at radius 3 is 2.68 bits per heavy atom. The number of fused-ring (bicyclic) bond motifs is 1. The zero-order valence-electron chi connectivity index (χ0n) is 18.4. The van der Waals surface area contributed by atoms with Crippen LogP contribution in [0.1, 0.15) is 49.4 Å². The average molecular weight is 418 g/mol. The molecule has 1 saturated heterocycles. The highest BCUT2D eigenvalue weighted by Crippen LogP contribution is 2.37. The Kier molecular flexibility index (Phi) is 6.23. The molecule has 0 aliphatic carbocycles. The van der Waals surface area contributed by atoms with Crippen molar-refractivity contribution in [2.24, 2.45) is 0 Å². The van der Waals surface area contributed by atoms with Gasteiger partial charge in [0, 0.05) is 36.7 Å². The third-order valence-electron chi connectivity index (χ3n) is 6.52. The molecule has 0 bridgehead atoms. The van der Waals surface area contributed by atoms with Crippen LogP contribution in [0.3, 0.4) is 0 Å². The molecule has 1 fully saturated rings. The summed E-state index contributed by atoms with van der Waals surface area (Å²) in [6.07, 6.45) is 3.88. The second-order valence-electron chi connectivity index (χ2n) is 8.54. The van der Waals surface area contributed by atoms with E-state index in [1.54, 1.807) is 0 Å². The third-order valence-corrected chi connectivity index (χ3v) is 6.52. The summed E-state index contributed by atoms with van der Waals surface area (Å²) in [4.78, 5) is 13.9. The maximum absolute atomic E-state index is 12.0. The van der Waals surface area contributed by atoms with Gasteiger partial charge in [-0.15, -0.1) is 0 Å². The van der Waals surface area contributed by atoms with Gasteiger partial charge < -0.3 is 10.0 Å². The van der Waals surface area contributed by atoms with Gasteiger partial charge in [0.2, 0.25) is 5.91 Å². The molecule has 31 heavy (non-hydrogen) atoms. The fourth-order valence-corrected chi connectivity index (χ4v) is 4.74. The summed E-state index contributed by atoms with van der Waals surface area (Å²) in [5.74, 6) is 0.345. The number of aliphatic hydroxyl groups excluding tert-OH is 1. The van der Waals surface area contributed by atoms with Gasteiger partial charge in [0.1, 0.15) is 0 Å². The maximum atomic E-state index is 12.0. The molecular formula is C26H31N3O2. The predicted octanol–water partition coefficient (Wildman–Crippen LogP) is 4.85. The summed E-state index contributed by atoms with van der Waals surface area (Å²) >= 11 is 0. The lowest BCUT2D eigenvalue weighted by molar-refractivity contribution is -0.127. The Morgan fingerprint density at radius 1 is 1.26 bits per heavy atom. The first-order valence-corrected chi connectivity index (χ1v) is 11.1. The molecule has 0 radical (unpaired) electrons. The van der Waals surface area contributed by atoms with Gasteiger partial charge in [0.05, 0.1) is 11.6 Å². The van der Waals surface area contributed by atoms with Crippen molar-refractivity contribution >= 4 is 16.8 Å². The largest absolute Gasteiger partial charge is 0.396 e. The molecule has 1 aliphatic rings. The molecule has 1 amide bonds. The zero-order chi connectivity index (χ0) is 22.0. The fraction of sp³-hybridized carbons (Fsp3) is 0.385. The second kappa shape index (κ2) is 9.06. The number of benzene rings is 2. The van der Waals surface area contributed by atoms with E-state index in [1.165, 1.54) is 33.8 Å². The standard InChI is InChI=1S/C26H31N3O2/c1-4-25(31)28-14-11-20(12-15-28)26-23-10-9-21(22-8-6-5-7-18(22)2)17-24(23)27-29(26)19(3)13-16-30/h4-10,17,19-20,30H,1,11-16H2,2-3H3. The summed E-state index contributed by atoms with van der Waals surface area (Å²) < 4.78 is 2.12. The van der Waals surface area contributed by atoms with Crippen molar-refractivity contribution < 1.29 is 9.90 Å². The lowest BCUT2D eigenvalue weighted by Gasteiger charge is -2.32. The quantitative estimate of drug-likeness (QED) is 0.584. The van der Waals surface area contributed by atoms with Gasteiger partial charge in [0.15, 0.2) is 0 Å². The minimum Gasteiger partial charge on any atom is -0.396 e. The second-order valence-corrected chi connectivity index (χ2v) is 8.54. The van der Waals surface area contributed by atoms with E-state index in [0.29, 0.717) is 12.3 Å². The number of hydrogen-bond donors (Lipinski definition) is 1. The van der Waals surface area contributed by atoms with Crippen LogP contribution in [0.4, 0.5) is 0 Å². The molecule has 0 saturated carbocycles. The van der Waals surface area contributed by atoms with E-state index in [1.807, 2.05) is 4.90 Å². The van der Waals surface area contributed by atoms with E-state index in [9.17, 15) is 9.90 Å². The first kappa shape index (κ1) is 21.3. The summed E-state index contributed by atoms with van der Waals surface area (Å²) in [7, 11) is 0. The van der Waals surface area contributed by atoms with E-state index in [-0.39, 0.29) is 18.6 Å². The van der Waals surface area contributed by atoms with Gasteiger partial charge in [-0.2, -0.15) is 5.10 Å². The summed E-state index contributed by atoms with van der Waals surface area (Å²) in [5.41, 5.74) is 5.86. The number of aromatic nitrogens is 2. The molecule has 2 heterocycles. The van der Waals surface area contributed by atoms with Gasteiger partial charge in [-0.25, -0.2) is 0 Å². The zero-order valence-corrected chi connectivity index (χ0v) is 18.4. The summed E-state index contributed by atoms with van der Waals surface area (Å²) in [6.45, 7) is 9.46. The Balaban J connectivity index is 1.74. The molecule has 2 aromatic carbocycles. The van der Waals surface area contributed by atoms with Crippen molar-refractivity contribution in [1.82, 2.24) is 14.7 Å². The van der Waals surface area contributed by atoms with Crippen molar-refractivity contribution in [2.45, 2.75) is 45.1 Å². The smallest absolute Gasteiger partial charge is 0.245 e. The number of aliphatic hydroxyl groups is 1. The number of amides is 1. The average Bonchev–Trinajstić information content (AvgIpc) is 3.18. The van der Waals surface area contributed by atoms with Gasteiger partial charge in [-0.05, 0) is 61.9 Å². The number of piperidine rings is 1. The lowest BCUT2D eigenvalue weighted by atomic mass is 9.90. The molecule has 1 N–H and O–H groups in total. The number of hydrogen-bond acceptors (Lipinski definition) is 3. The van der Waals surface area contributed by atoms with Crippen LogP contribution < -0.4 is 0 Å².